The van der Waals surface area contributed by atoms with E-state index < -0.39 is 32.9 Å². The summed E-state index contributed by atoms with van der Waals surface area (Å²) in [5.41, 5.74) is 0.411. The molecule has 10 nitrogen and oxygen atoms in total. The third-order valence-corrected chi connectivity index (χ3v) is 4.72. The Bertz CT molecular complexity index is 1120. The Hall–Kier alpha value is -1.44. The molecule has 1 atom stereocenters. The third-order valence-electron chi connectivity index (χ3n) is 3.87. The van der Waals surface area contributed by atoms with Gasteiger partial charge in [0.1, 0.15) is 10.1 Å². The molecular weight excluding hydrogens is 434 g/mol. The van der Waals surface area contributed by atoms with Gasteiger partial charge in [-0.2, -0.15) is 20.3 Å². The van der Waals surface area contributed by atoms with Gasteiger partial charge in [-0.1, -0.05) is 18.2 Å². The van der Waals surface area contributed by atoms with Crippen molar-refractivity contribution in [2.24, 2.45) is 15.3 Å². The topological polar surface area (TPSA) is 155 Å². The van der Waals surface area contributed by atoms with Gasteiger partial charge in [0, 0.05) is 5.56 Å². The minimum absolute atomic E-state index is 0. The average Bonchev–Trinajstić information content (AvgIpc) is 2.93. The Morgan fingerprint density at radius 2 is 1.70 bits per heavy atom. The Balaban J connectivity index is 0.00000225. The summed E-state index contributed by atoms with van der Waals surface area (Å²) in [5, 5.41) is 23.9. The molecule has 0 bridgehead atoms. The van der Waals surface area contributed by atoms with E-state index in [-0.39, 0.29) is 76.1 Å². The molecule has 1 unspecified atom stereocenters. The normalized spacial score (nSPS) is 16.1. The van der Waals surface area contributed by atoms with Gasteiger partial charge in [-0.3, -0.25) is 4.79 Å². The first-order chi connectivity index (χ1) is 13.2. The van der Waals surface area contributed by atoms with Crippen LogP contribution in [0, 0.1) is 0 Å². The van der Waals surface area contributed by atoms with Crippen LogP contribution in [0.1, 0.15) is 17.3 Å². The van der Waals surface area contributed by atoms with Gasteiger partial charge in [-0.05, 0) is 37.3 Å². The van der Waals surface area contributed by atoms with Crippen LogP contribution in [0.25, 0.3) is 0 Å². The number of carboxylic acid groups (broad SMARTS) is 1. The second-order valence-electron chi connectivity index (χ2n) is 5.76. The number of carbonyl (C=O) groups excluding carboxylic acids is 2. The maximum Gasteiger partial charge on any atom is 1.00 e. The summed E-state index contributed by atoms with van der Waals surface area (Å²) in [5.74, 6) is -1.99. The maximum atomic E-state index is 12.6. The number of nitrogens with zero attached hydrogens (tertiary/aromatic N) is 4. The van der Waals surface area contributed by atoms with Crippen LogP contribution in [0.4, 0.5) is 11.4 Å². The number of anilines is 1. The molecule has 1 aliphatic heterocycles. The van der Waals surface area contributed by atoms with Crippen molar-refractivity contribution in [1.82, 2.24) is 0 Å². The molecule has 2 aromatic rings. The van der Waals surface area contributed by atoms with Crippen LogP contribution >= 0.6 is 0 Å². The fraction of sp³-hybridized carbons (Fsp3) is 0.118. The fourth-order valence-electron chi connectivity index (χ4n) is 2.48. The van der Waals surface area contributed by atoms with Crippen molar-refractivity contribution >= 4 is 39.1 Å². The number of carboxylic acids is 1. The molecule has 1 aliphatic rings. The second-order valence-corrected chi connectivity index (χ2v) is 7.14. The summed E-state index contributed by atoms with van der Waals surface area (Å²) in [6.07, 6.45) is 0. The molecule has 0 aromatic heterocycles. The number of azo groups is 1. The fourth-order valence-corrected chi connectivity index (χ4v) is 2.95. The van der Waals surface area contributed by atoms with Crippen molar-refractivity contribution in [1.29, 1.82) is 0 Å². The molecule has 0 saturated carbocycles. The zero-order valence-electron chi connectivity index (χ0n) is 16.3. The second kappa shape index (κ2) is 10.7. The van der Waals surface area contributed by atoms with Crippen molar-refractivity contribution in [2.45, 2.75) is 17.9 Å². The first-order valence-electron chi connectivity index (χ1n) is 7.85. The first-order valence-corrected chi connectivity index (χ1v) is 9.25. The van der Waals surface area contributed by atoms with E-state index >= 15 is 0 Å². The third kappa shape index (κ3) is 5.83. The van der Waals surface area contributed by atoms with Crippen LogP contribution < -0.4 is 69.2 Å². The van der Waals surface area contributed by atoms with Crippen molar-refractivity contribution in [2.75, 3.05) is 5.01 Å². The van der Waals surface area contributed by atoms with E-state index in [9.17, 15) is 27.7 Å². The van der Waals surface area contributed by atoms with Crippen LogP contribution in [-0.4, -0.2) is 36.6 Å². The van der Waals surface area contributed by atoms with Crippen LogP contribution in [0.3, 0.4) is 0 Å². The molecule has 13 heteroatoms. The molecule has 144 valence electrons. The van der Waals surface area contributed by atoms with Crippen molar-refractivity contribution in [3.8, 4) is 0 Å². The molecule has 0 saturated heterocycles. The molecule has 0 N–H and O–H groups in total. The van der Waals surface area contributed by atoms with Gasteiger partial charge in [-0.15, -0.1) is 0 Å². The number of hydrogen-bond acceptors (Lipinski definition) is 9. The predicted molar refractivity (Wildman–Crippen MR) is 94.1 cm³/mol. The molecule has 0 aliphatic carbocycles. The zero-order valence-corrected chi connectivity index (χ0v) is 21.2. The number of carbonyl (C=O) groups is 2. The number of aromatic carboxylic acids is 1. The minimum atomic E-state index is -4.60. The van der Waals surface area contributed by atoms with Gasteiger partial charge in [0.05, 0.1) is 28.0 Å². The van der Waals surface area contributed by atoms with Gasteiger partial charge >= 0.3 is 59.1 Å². The van der Waals surface area contributed by atoms with Crippen LogP contribution in [0.5, 0.6) is 0 Å². The van der Waals surface area contributed by atoms with Gasteiger partial charge in [-0.25, -0.2) is 8.42 Å². The SMILES string of the molecule is CC1=NN(c2ccc(S(=O)(=O)[O-])cc2)C(=O)C1N=Nc1ccccc1C(=O)[O-].[Na+].[Na+]. The van der Waals surface area contributed by atoms with Crippen LogP contribution in [-0.2, 0) is 14.9 Å². The predicted octanol–water partition coefficient (Wildman–Crippen LogP) is -5.16. The summed E-state index contributed by atoms with van der Waals surface area (Å²) < 4.78 is 33.0. The number of benzene rings is 2. The summed E-state index contributed by atoms with van der Waals surface area (Å²) in [4.78, 5) is 23.3. The van der Waals surface area contributed by atoms with E-state index in [4.69, 9.17) is 0 Å². The number of hydrogen-bond donors (Lipinski definition) is 0. The summed E-state index contributed by atoms with van der Waals surface area (Å²) in [7, 11) is -4.60. The molecule has 1 amide bonds. The Kier molecular flexibility index (Phi) is 9.52. The van der Waals surface area contributed by atoms with Gasteiger partial charge < -0.3 is 14.5 Å². The monoisotopic (exact) mass is 446 g/mol. The maximum absolute atomic E-state index is 12.6. The first kappa shape index (κ1) is 26.6. The van der Waals surface area contributed by atoms with E-state index in [2.05, 4.69) is 15.3 Å². The molecule has 1 heterocycles. The van der Waals surface area contributed by atoms with Gasteiger partial charge in [0.15, 0.2) is 6.04 Å². The largest absolute Gasteiger partial charge is 1.00 e. The van der Waals surface area contributed by atoms with E-state index in [1.807, 2.05) is 0 Å². The molecule has 3 rings (SSSR count). The Morgan fingerprint density at radius 1 is 1.10 bits per heavy atom. The molecule has 0 spiro atoms. The van der Waals surface area contributed by atoms with E-state index in [1.165, 1.54) is 30.3 Å². The van der Waals surface area contributed by atoms with Gasteiger partial charge in [0.25, 0.3) is 5.91 Å². The average molecular weight is 446 g/mol. The summed E-state index contributed by atoms with van der Waals surface area (Å²) in [6.45, 7) is 1.54. The molecule has 0 fully saturated rings. The minimum Gasteiger partial charge on any atom is -0.744 e. The Labute approximate surface area is 216 Å². The quantitative estimate of drug-likeness (QED) is 0.254. The Morgan fingerprint density at radius 3 is 2.27 bits per heavy atom. The van der Waals surface area contributed by atoms with Crippen molar-refractivity contribution in [3.05, 3.63) is 54.1 Å². The molecule has 2 aromatic carbocycles. The molecule has 30 heavy (non-hydrogen) atoms. The number of hydrazone groups is 1. The van der Waals surface area contributed by atoms with Crippen molar-refractivity contribution < 1.29 is 86.8 Å². The zero-order chi connectivity index (χ0) is 20.5. The van der Waals surface area contributed by atoms with Crippen LogP contribution in [0.15, 0.2) is 68.8 Å². The summed E-state index contributed by atoms with van der Waals surface area (Å²) >= 11 is 0. The van der Waals surface area contributed by atoms with E-state index in [0.717, 1.165) is 17.1 Å². The van der Waals surface area contributed by atoms with E-state index in [0.29, 0.717) is 5.71 Å². The number of amides is 1. The van der Waals surface area contributed by atoms with E-state index in [1.54, 1.807) is 13.0 Å². The molecule has 0 radical (unpaired) electrons. The van der Waals surface area contributed by atoms with Crippen molar-refractivity contribution in [3.63, 3.8) is 0 Å². The van der Waals surface area contributed by atoms with Gasteiger partial charge in [0.2, 0.25) is 0 Å². The van der Waals surface area contributed by atoms with Crippen LogP contribution in [0.2, 0.25) is 0 Å². The smallest absolute Gasteiger partial charge is 0.744 e. The summed E-state index contributed by atoms with van der Waals surface area (Å²) in [6, 6.07) is 9.40. The standard InChI is InChI=1S/C17H14N4O6S.2Na/c1-10-15(19-18-14-5-3-2-4-13(14)17(23)24)16(22)21(20-10)11-6-8-12(9-7-11)28(25,26)27;;/h2-9,15H,1H3,(H,23,24)(H,25,26,27);;/q;2*+1/p-2. The number of rotatable bonds is 5. The molecular formula is C17H12N4Na2O6S.